The molecule has 8 heteroatoms. The van der Waals surface area contributed by atoms with E-state index in [-0.39, 0.29) is 24.0 Å². The first kappa shape index (κ1) is 22.3. The minimum atomic E-state index is 0. The average Bonchev–Trinajstić information content (AvgIpc) is 3.25. The van der Waals surface area contributed by atoms with Crippen molar-refractivity contribution < 1.29 is 9.47 Å². The van der Waals surface area contributed by atoms with Crippen molar-refractivity contribution in [2.75, 3.05) is 20.9 Å². The zero-order valence-electron chi connectivity index (χ0n) is 17.3. The van der Waals surface area contributed by atoms with Crippen LogP contribution in [-0.2, 0) is 33.0 Å². The molecule has 28 heavy (non-hydrogen) atoms. The predicted octanol–water partition coefficient (Wildman–Crippen LogP) is 3.10. The number of halogens is 1. The Hall–Kier alpha value is -1.97. The van der Waals surface area contributed by atoms with Crippen LogP contribution in [0.3, 0.4) is 0 Å². The molecule has 0 spiro atoms. The lowest BCUT2D eigenvalue weighted by molar-refractivity contribution is 0.174. The summed E-state index contributed by atoms with van der Waals surface area (Å²) in [5.41, 5.74) is 4.85. The SMILES string of the molecule is CCc1nn(C)c(CC)c1CNC(=NC)N(C)Cc1ccc2c(c1)OCO2.I. The Balaban J connectivity index is 0.00000280. The third-order valence-corrected chi connectivity index (χ3v) is 4.88. The van der Waals surface area contributed by atoms with Crippen molar-refractivity contribution in [2.24, 2.45) is 12.0 Å². The molecule has 2 heterocycles. The largest absolute Gasteiger partial charge is 0.454 e. The molecule has 1 aromatic carbocycles. The van der Waals surface area contributed by atoms with Crippen molar-refractivity contribution in [1.29, 1.82) is 0 Å². The van der Waals surface area contributed by atoms with E-state index in [1.54, 1.807) is 0 Å². The molecular weight excluding hydrogens is 469 g/mol. The second-order valence-corrected chi connectivity index (χ2v) is 6.65. The van der Waals surface area contributed by atoms with Gasteiger partial charge < -0.3 is 19.7 Å². The first-order valence-corrected chi connectivity index (χ1v) is 9.41. The van der Waals surface area contributed by atoms with Crippen molar-refractivity contribution in [3.8, 4) is 11.5 Å². The van der Waals surface area contributed by atoms with Gasteiger partial charge in [0.1, 0.15) is 0 Å². The van der Waals surface area contributed by atoms with Gasteiger partial charge in [-0.1, -0.05) is 19.9 Å². The number of nitrogens with zero attached hydrogens (tertiary/aromatic N) is 4. The van der Waals surface area contributed by atoms with E-state index in [1.165, 1.54) is 11.3 Å². The summed E-state index contributed by atoms with van der Waals surface area (Å²) in [5.74, 6) is 2.46. The lowest BCUT2D eigenvalue weighted by Crippen LogP contribution is -2.38. The van der Waals surface area contributed by atoms with Crippen LogP contribution in [0.4, 0.5) is 0 Å². The van der Waals surface area contributed by atoms with Crippen molar-refractivity contribution >= 4 is 29.9 Å². The van der Waals surface area contributed by atoms with Crippen LogP contribution < -0.4 is 14.8 Å². The quantitative estimate of drug-likeness (QED) is 0.376. The molecule has 0 radical (unpaired) electrons. The first-order valence-electron chi connectivity index (χ1n) is 9.41. The highest BCUT2D eigenvalue weighted by molar-refractivity contribution is 14.0. The third-order valence-electron chi connectivity index (χ3n) is 4.88. The van der Waals surface area contributed by atoms with Crippen LogP contribution >= 0.6 is 24.0 Å². The second-order valence-electron chi connectivity index (χ2n) is 6.65. The molecule has 0 saturated carbocycles. The predicted molar refractivity (Wildman–Crippen MR) is 122 cm³/mol. The molecular formula is C20H30IN5O2. The summed E-state index contributed by atoms with van der Waals surface area (Å²) in [5, 5.41) is 8.13. The molecule has 1 aliphatic heterocycles. The van der Waals surface area contributed by atoms with E-state index in [0.29, 0.717) is 6.79 Å². The minimum Gasteiger partial charge on any atom is -0.454 e. The van der Waals surface area contributed by atoms with Gasteiger partial charge in [-0.05, 0) is 30.5 Å². The Labute approximate surface area is 184 Å². The maximum atomic E-state index is 5.47. The molecule has 0 unspecified atom stereocenters. The number of aromatic nitrogens is 2. The maximum Gasteiger partial charge on any atom is 0.231 e. The molecule has 1 aromatic heterocycles. The van der Waals surface area contributed by atoms with Gasteiger partial charge in [0.2, 0.25) is 6.79 Å². The van der Waals surface area contributed by atoms with Gasteiger partial charge in [-0.15, -0.1) is 24.0 Å². The standard InChI is InChI=1S/C20H29N5O2.HI/c1-6-16-15(17(7-2)25(5)23-16)11-22-20(21-3)24(4)12-14-8-9-18-19(10-14)27-13-26-18;/h8-10H,6-7,11-13H2,1-5H3,(H,21,22);1H. The number of benzene rings is 1. The van der Waals surface area contributed by atoms with E-state index in [4.69, 9.17) is 9.47 Å². The van der Waals surface area contributed by atoms with E-state index in [2.05, 4.69) is 40.2 Å². The van der Waals surface area contributed by atoms with Crippen molar-refractivity contribution in [3.63, 3.8) is 0 Å². The highest BCUT2D eigenvalue weighted by Gasteiger charge is 2.17. The molecule has 0 saturated heterocycles. The number of aryl methyl sites for hydroxylation is 2. The van der Waals surface area contributed by atoms with Crippen molar-refractivity contribution in [1.82, 2.24) is 20.0 Å². The van der Waals surface area contributed by atoms with Gasteiger partial charge in [-0.2, -0.15) is 5.10 Å². The summed E-state index contributed by atoms with van der Waals surface area (Å²) >= 11 is 0. The molecule has 0 atom stereocenters. The molecule has 3 rings (SSSR count). The highest BCUT2D eigenvalue weighted by Crippen LogP contribution is 2.32. The van der Waals surface area contributed by atoms with Crippen LogP contribution in [0.5, 0.6) is 11.5 Å². The Morgan fingerprint density at radius 3 is 2.68 bits per heavy atom. The van der Waals surface area contributed by atoms with Crippen LogP contribution in [0.2, 0.25) is 0 Å². The summed E-state index contributed by atoms with van der Waals surface area (Å²) in [6.45, 7) is 6.05. The zero-order valence-corrected chi connectivity index (χ0v) is 19.6. The molecule has 0 fully saturated rings. The summed E-state index contributed by atoms with van der Waals surface area (Å²) in [4.78, 5) is 6.54. The fourth-order valence-corrected chi connectivity index (χ4v) is 3.53. The number of fused-ring (bicyclic) bond motifs is 1. The van der Waals surface area contributed by atoms with E-state index < -0.39 is 0 Å². The average molecular weight is 499 g/mol. The number of aliphatic imine (C=N–C) groups is 1. The molecule has 7 nitrogen and oxygen atoms in total. The lowest BCUT2D eigenvalue weighted by atomic mass is 10.1. The van der Waals surface area contributed by atoms with Crippen molar-refractivity contribution in [2.45, 2.75) is 39.8 Å². The van der Waals surface area contributed by atoms with Crippen LogP contribution in [-0.4, -0.2) is 41.5 Å². The first-order chi connectivity index (χ1) is 13.1. The second kappa shape index (κ2) is 9.99. The fraction of sp³-hybridized carbons (Fsp3) is 0.500. The van der Waals surface area contributed by atoms with E-state index in [1.807, 2.05) is 38.0 Å². The Morgan fingerprint density at radius 1 is 1.25 bits per heavy atom. The van der Waals surface area contributed by atoms with Crippen molar-refractivity contribution in [3.05, 3.63) is 40.7 Å². The Morgan fingerprint density at radius 2 is 2.00 bits per heavy atom. The number of rotatable bonds is 6. The highest BCUT2D eigenvalue weighted by atomic mass is 127. The molecule has 1 aliphatic rings. The Bertz CT molecular complexity index is 834. The monoisotopic (exact) mass is 499 g/mol. The minimum absolute atomic E-state index is 0. The Kier molecular flexibility index (Phi) is 7.97. The van der Waals surface area contributed by atoms with Crippen LogP contribution in [0.1, 0.15) is 36.4 Å². The van der Waals surface area contributed by atoms with Gasteiger partial charge >= 0.3 is 0 Å². The zero-order chi connectivity index (χ0) is 19.4. The molecule has 1 N–H and O–H groups in total. The maximum absolute atomic E-state index is 5.47. The van der Waals surface area contributed by atoms with Gasteiger partial charge in [0.05, 0.1) is 5.69 Å². The normalized spacial score (nSPS) is 12.7. The number of nitrogens with one attached hydrogen (secondary N) is 1. The molecule has 0 amide bonds. The summed E-state index contributed by atoms with van der Waals surface area (Å²) in [7, 11) is 5.86. The van der Waals surface area contributed by atoms with Gasteiger partial charge in [0, 0.05) is 45.5 Å². The third kappa shape index (κ3) is 4.71. The number of hydrogen-bond acceptors (Lipinski definition) is 4. The van der Waals surface area contributed by atoms with Crippen LogP contribution in [0, 0.1) is 0 Å². The molecule has 0 aliphatic carbocycles. The van der Waals surface area contributed by atoms with E-state index in [0.717, 1.165) is 54.6 Å². The number of ether oxygens (including phenoxy) is 2. The van der Waals surface area contributed by atoms with Gasteiger partial charge in [-0.25, -0.2) is 0 Å². The molecule has 154 valence electrons. The van der Waals surface area contributed by atoms with E-state index >= 15 is 0 Å². The van der Waals surface area contributed by atoms with E-state index in [9.17, 15) is 0 Å². The smallest absolute Gasteiger partial charge is 0.231 e. The van der Waals surface area contributed by atoms with Gasteiger partial charge in [0.15, 0.2) is 17.5 Å². The topological polar surface area (TPSA) is 63.9 Å². The van der Waals surface area contributed by atoms with Gasteiger partial charge in [0.25, 0.3) is 0 Å². The van der Waals surface area contributed by atoms with Gasteiger partial charge in [-0.3, -0.25) is 9.67 Å². The number of guanidine groups is 1. The van der Waals surface area contributed by atoms with Crippen LogP contribution in [0.15, 0.2) is 23.2 Å². The molecule has 2 aromatic rings. The summed E-state index contributed by atoms with van der Waals surface area (Å²) in [6.07, 6.45) is 1.89. The summed E-state index contributed by atoms with van der Waals surface area (Å²) in [6, 6.07) is 6.04. The lowest BCUT2D eigenvalue weighted by Gasteiger charge is -2.22. The van der Waals surface area contributed by atoms with Crippen LogP contribution in [0.25, 0.3) is 0 Å². The fourth-order valence-electron chi connectivity index (χ4n) is 3.53. The number of hydrogen-bond donors (Lipinski definition) is 1. The molecule has 0 bridgehead atoms. The summed E-state index contributed by atoms with van der Waals surface area (Å²) < 4.78 is 12.8.